The van der Waals surface area contributed by atoms with Gasteiger partial charge in [-0.15, -0.1) is 0 Å². The van der Waals surface area contributed by atoms with Crippen LogP contribution in [0.3, 0.4) is 0 Å². The second-order valence-electron chi connectivity index (χ2n) is 7.97. The number of nitrogen functional groups attached to an aromatic ring is 2. The van der Waals surface area contributed by atoms with E-state index in [-0.39, 0.29) is 0 Å². The number of carbonyl (C=O) groups excluding carboxylic acids is 2. The van der Waals surface area contributed by atoms with Crippen LogP contribution < -0.4 is 11.5 Å². The summed E-state index contributed by atoms with van der Waals surface area (Å²) < 4.78 is 5.06. The summed E-state index contributed by atoms with van der Waals surface area (Å²) in [7, 11) is 0. The van der Waals surface area contributed by atoms with E-state index in [2.05, 4.69) is 0 Å². The van der Waals surface area contributed by atoms with Crippen LogP contribution in [0, 0.1) is 0 Å². The highest BCUT2D eigenvalue weighted by molar-refractivity contribution is 6.19. The van der Waals surface area contributed by atoms with Crippen molar-refractivity contribution in [3.8, 4) is 22.3 Å². The first-order chi connectivity index (χ1) is 14.0. The van der Waals surface area contributed by atoms with Crippen LogP contribution in [0.15, 0.2) is 36.4 Å². The van der Waals surface area contributed by atoms with Gasteiger partial charge in [0.1, 0.15) is 0 Å². The number of ether oxygens (including phenoxy) is 1. The number of anilines is 2. The van der Waals surface area contributed by atoms with Crippen LogP contribution in [0.4, 0.5) is 11.4 Å². The smallest absolute Gasteiger partial charge is 0.347 e. The molecule has 6 rings (SSSR count). The molecule has 4 N–H and O–H groups in total. The van der Waals surface area contributed by atoms with Crippen LogP contribution in [-0.2, 0) is 30.4 Å². The fourth-order valence-electron chi connectivity index (χ4n) is 5.23. The van der Waals surface area contributed by atoms with E-state index in [9.17, 15) is 9.59 Å². The van der Waals surface area contributed by atoms with E-state index in [0.717, 1.165) is 57.6 Å². The highest BCUT2D eigenvalue weighted by Crippen LogP contribution is 2.50. The third-order valence-electron chi connectivity index (χ3n) is 6.39. The molecule has 5 heteroatoms. The van der Waals surface area contributed by atoms with Crippen LogP contribution in [0.25, 0.3) is 22.3 Å². The first-order valence-corrected chi connectivity index (χ1v) is 9.78. The lowest BCUT2D eigenvalue weighted by atomic mass is 9.72. The molecule has 29 heavy (non-hydrogen) atoms. The largest absolute Gasteiger partial charge is 0.399 e. The zero-order chi connectivity index (χ0) is 19.9. The number of carbonyl (C=O) groups is 2. The van der Waals surface area contributed by atoms with Crippen LogP contribution >= 0.6 is 0 Å². The number of aryl methyl sites for hydroxylation is 2. The van der Waals surface area contributed by atoms with Gasteiger partial charge in [0.2, 0.25) is 0 Å². The minimum Gasteiger partial charge on any atom is -0.399 e. The molecule has 3 aromatic rings. The van der Waals surface area contributed by atoms with E-state index in [1.54, 1.807) is 0 Å². The van der Waals surface area contributed by atoms with Gasteiger partial charge in [-0.05, 0) is 94.5 Å². The molecule has 3 aromatic carbocycles. The number of hydrogen-bond acceptors (Lipinski definition) is 5. The number of hydrogen-bond donors (Lipinski definition) is 2. The SMILES string of the molecule is Nc1ccc2c(c1)CCc1c3c(c4c(c1-2)-c1ccc(N)cc1CC4)C(=O)OC3=O. The minimum absolute atomic E-state index is 0.463. The molecule has 0 bridgehead atoms. The fourth-order valence-corrected chi connectivity index (χ4v) is 5.23. The Balaban J connectivity index is 1.79. The standard InChI is InChI=1S/C24H18N2O3/c25-13-3-7-15-11(9-13)1-5-17-19(15)20-16-8-4-14(26)10-12(16)2-6-18(20)22-21(17)23(27)29-24(22)28/h3-4,7-10H,1-2,5-6,25-26H2. The maximum Gasteiger partial charge on any atom is 0.347 e. The number of nitrogens with two attached hydrogens (primary N) is 2. The third-order valence-corrected chi connectivity index (χ3v) is 6.39. The molecule has 5 nitrogen and oxygen atoms in total. The fraction of sp³-hybridized carbons (Fsp3) is 0.167. The topological polar surface area (TPSA) is 95.4 Å². The van der Waals surface area contributed by atoms with Gasteiger partial charge in [0.25, 0.3) is 0 Å². The van der Waals surface area contributed by atoms with Gasteiger partial charge in [-0.25, -0.2) is 9.59 Å². The van der Waals surface area contributed by atoms with Gasteiger partial charge >= 0.3 is 11.9 Å². The Morgan fingerprint density at radius 2 is 1.07 bits per heavy atom. The van der Waals surface area contributed by atoms with Crippen molar-refractivity contribution in [3.63, 3.8) is 0 Å². The molecule has 0 fully saturated rings. The summed E-state index contributed by atoms with van der Waals surface area (Å²) in [6, 6.07) is 11.9. The first kappa shape index (κ1) is 16.4. The molecule has 0 atom stereocenters. The summed E-state index contributed by atoms with van der Waals surface area (Å²) in [5, 5.41) is 0. The Labute approximate surface area is 167 Å². The lowest BCUT2D eigenvalue weighted by Crippen LogP contribution is -2.17. The molecule has 2 aliphatic carbocycles. The van der Waals surface area contributed by atoms with E-state index in [0.29, 0.717) is 24.0 Å². The molecule has 0 amide bonds. The van der Waals surface area contributed by atoms with Crippen molar-refractivity contribution >= 4 is 23.3 Å². The number of cyclic esters (lactones) is 2. The number of benzene rings is 3. The number of esters is 2. The molecule has 1 heterocycles. The van der Waals surface area contributed by atoms with Crippen molar-refractivity contribution in [1.29, 1.82) is 0 Å². The van der Waals surface area contributed by atoms with Crippen molar-refractivity contribution in [2.75, 3.05) is 11.5 Å². The predicted octanol–water partition coefficient (Wildman–Crippen LogP) is 3.69. The normalized spacial score (nSPS) is 15.7. The van der Waals surface area contributed by atoms with Crippen LogP contribution in [-0.4, -0.2) is 11.9 Å². The summed E-state index contributed by atoms with van der Waals surface area (Å²) in [5.41, 5.74) is 22.8. The van der Waals surface area contributed by atoms with Gasteiger partial charge in [0.05, 0.1) is 11.1 Å². The van der Waals surface area contributed by atoms with Crippen LogP contribution in [0.2, 0.25) is 0 Å². The predicted molar refractivity (Wildman–Crippen MR) is 111 cm³/mol. The van der Waals surface area contributed by atoms with Crippen molar-refractivity contribution in [3.05, 3.63) is 69.8 Å². The van der Waals surface area contributed by atoms with Gasteiger partial charge in [-0.3, -0.25) is 0 Å². The summed E-state index contributed by atoms with van der Waals surface area (Å²) in [4.78, 5) is 25.2. The van der Waals surface area contributed by atoms with Gasteiger partial charge in [-0.2, -0.15) is 0 Å². The van der Waals surface area contributed by atoms with Gasteiger partial charge in [0.15, 0.2) is 0 Å². The third kappa shape index (κ3) is 2.10. The molecule has 0 saturated heterocycles. The van der Waals surface area contributed by atoms with Crippen molar-refractivity contribution < 1.29 is 14.3 Å². The molecule has 0 radical (unpaired) electrons. The maximum absolute atomic E-state index is 12.6. The first-order valence-electron chi connectivity index (χ1n) is 9.78. The Kier molecular flexibility index (Phi) is 3.09. The van der Waals surface area contributed by atoms with Gasteiger partial charge in [-0.1, -0.05) is 12.1 Å². The van der Waals surface area contributed by atoms with Gasteiger partial charge < -0.3 is 16.2 Å². The molecule has 0 saturated carbocycles. The molecule has 3 aliphatic rings. The summed E-state index contributed by atoms with van der Waals surface area (Å²) >= 11 is 0. The van der Waals surface area contributed by atoms with E-state index in [1.165, 1.54) is 11.1 Å². The Hall–Kier alpha value is -3.60. The molecule has 142 valence electrons. The molecule has 0 aromatic heterocycles. The minimum atomic E-state index is -0.522. The summed E-state index contributed by atoms with van der Waals surface area (Å²) in [6.45, 7) is 0. The zero-order valence-corrected chi connectivity index (χ0v) is 15.7. The molecular formula is C24H18N2O3. The Bertz CT molecular complexity index is 1190. The lowest BCUT2D eigenvalue weighted by molar-refractivity contribution is 0.0443. The number of rotatable bonds is 0. The average molecular weight is 382 g/mol. The second-order valence-corrected chi connectivity index (χ2v) is 7.97. The van der Waals surface area contributed by atoms with E-state index in [1.807, 2.05) is 36.4 Å². The van der Waals surface area contributed by atoms with E-state index in [4.69, 9.17) is 16.2 Å². The van der Waals surface area contributed by atoms with E-state index >= 15 is 0 Å². The molecule has 0 unspecified atom stereocenters. The monoisotopic (exact) mass is 382 g/mol. The van der Waals surface area contributed by atoms with Crippen LogP contribution in [0.1, 0.15) is 43.0 Å². The number of fused-ring (bicyclic) bond motifs is 10. The lowest BCUT2D eigenvalue weighted by Gasteiger charge is -2.30. The quantitative estimate of drug-likeness (QED) is 0.351. The van der Waals surface area contributed by atoms with Crippen molar-refractivity contribution in [2.24, 2.45) is 0 Å². The highest BCUT2D eigenvalue weighted by atomic mass is 16.6. The Morgan fingerprint density at radius 1 is 0.621 bits per heavy atom. The van der Waals surface area contributed by atoms with Gasteiger partial charge in [0, 0.05) is 11.4 Å². The zero-order valence-electron chi connectivity index (χ0n) is 15.7. The maximum atomic E-state index is 12.6. The molecule has 0 spiro atoms. The summed E-state index contributed by atoms with van der Waals surface area (Å²) in [6.07, 6.45) is 2.89. The van der Waals surface area contributed by atoms with Crippen molar-refractivity contribution in [1.82, 2.24) is 0 Å². The van der Waals surface area contributed by atoms with Crippen LogP contribution in [0.5, 0.6) is 0 Å². The molecule has 1 aliphatic heterocycles. The van der Waals surface area contributed by atoms with Crippen molar-refractivity contribution in [2.45, 2.75) is 25.7 Å². The summed E-state index contributed by atoms with van der Waals surface area (Å²) in [5.74, 6) is -1.04. The average Bonchev–Trinajstić information content (AvgIpc) is 3.01. The Morgan fingerprint density at radius 3 is 1.52 bits per heavy atom. The van der Waals surface area contributed by atoms with E-state index < -0.39 is 11.9 Å². The molecular weight excluding hydrogens is 364 g/mol. The second kappa shape index (κ2) is 5.47. The highest BCUT2D eigenvalue weighted by Gasteiger charge is 2.41.